The van der Waals surface area contributed by atoms with E-state index in [2.05, 4.69) is 10.3 Å². The van der Waals surface area contributed by atoms with Crippen LogP contribution in [0, 0.1) is 23.0 Å². The molecule has 30 heavy (non-hydrogen) atoms. The molecule has 0 radical (unpaired) electrons. The molecule has 0 saturated carbocycles. The number of nitrogens with one attached hydrogen (secondary N) is 1. The van der Waals surface area contributed by atoms with Crippen LogP contribution in [0.1, 0.15) is 41.3 Å². The van der Waals surface area contributed by atoms with Gasteiger partial charge in [0.25, 0.3) is 5.56 Å². The van der Waals surface area contributed by atoms with Crippen molar-refractivity contribution in [1.29, 1.82) is 5.26 Å². The molecule has 1 aliphatic carbocycles. The van der Waals surface area contributed by atoms with E-state index in [0.717, 1.165) is 48.2 Å². The van der Waals surface area contributed by atoms with Gasteiger partial charge in [-0.15, -0.1) is 11.3 Å². The number of benzene rings is 1. The lowest BCUT2D eigenvalue weighted by molar-refractivity contribution is -0.121. The summed E-state index contributed by atoms with van der Waals surface area (Å²) in [6.45, 7) is 0.0856. The Morgan fingerprint density at radius 2 is 2.13 bits per heavy atom. The largest absolute Gasteiger partial charge is 0.336 e. The Labute approximate surface area is 174 Å². The van der Waals surface area contributed by atoms with Crippen molar-refractivity contribution in [2.75, 3.05) is 0 Å². The monoisotopic (exact) mass is 428 g/mol. The van der Waals surface area contributed by atoms with Crippen molar-refractivity contribution < 1.29 is 13.6 Å². The Hall–Kier alpha value is -3.12. The number of halogens is 2. The topological polar surface area (TPSA) is 87.8 Å². The van der Waals surface area contributed by atoms with E-state index in [0.29, 0.717) is 11.5 Å². The van der Waals surface area contributed by atoms with Gasteiger partial charge in [-0.3, -0.25) is 14.2 Å². The Balaban J connectivity index is 1.48. The Bertz CT molecular complexity index is 1230. The van der Waals surface area contributed by atoms with Crippen LogP contribution in [-0.4, -0.2) is 15.5 Å². The molecule has 0 aliphatic heterocycles. The lowest BCUT2D eigenvalue weighted by atomic mass is 9.97. The number of aryl methyl sites for hydroxylation is 3. The van der Waals surface area contributed by atoms with E-state index >= 15 is 0 Å². The molecule has 0 fully saturated rings. The summed E-state index contributed by atoms with van der Waals surface area (Å²) >= 11 is 1.56. The van der Waals surface area contributed by atoms with Crippen LogP contribution in [0.15, 0.2) is 29.3 Å². The van der Waals surface area contributed by atoms with Gasteiger partial charge in [0.1, 0.15) is 22.5 Å². The highest BCUT2D eigenvalue weighted by Gasteiger charge is 2.21. The SMILES string of the molecule is N#CC(NC(=O)CCn1cnc2sc3c(c2c1=O)CCCC3)c1ccc(F)cc1F. The zero-order valence-electron chi connectivity index (χ0n) is 16.0. The van der Waals surface area contributed by atoms with Crippen LogP contribution in [-0.2, 0) is 24.2 Å². The van der Waals surface area contributed by atoms with E-state index in [4.69, 9.17) is 0 Å². The normalized spacial score (nSPS) is 14.2. The molecule has 4 rings (SSSR count). The Morgan fingerprint density at radius 3 is 2.90 bits per heavy atom. The first-order valence-electron chi connectivity index (χ1n) is 9.61. The second-order valence-corrected chi connectivity index (χ2v) is 8.26. The highest BCUT2D eigenvalue weighted by molar-refractivity contribution is 7.18. The Kier molecular flexibility index (Phi) is 5.59. The van der Waals surface area contributed by atoms with Gasteiger partial charge >= 0.3 is 0 Å². The van der Waals surface area contributed by atoms with Crippen molar-refractivity contribution in [2.24, 2.45) is 0 Å². The minimum Gasteiger partial charge on any atom is -0.336 e. The summed E-state index contributed by atoms with van der Waals surface area (Å²) in [6, 6.07) is 3.36. The van der Waals surface area contributed by atoms with Crippen molar-refractivity contribution in [1.82, 2.24) is 14.9 Å². The van der Waals surface area contributed by atoms with E-state index in [1.807, 2.05) is 0 Å². The standard InChI is InChI=1S/C21H18F2N4O2S/c22-12-5-6-13(15(23)9-12)16(10-24)26-18(28)7-8-27-11-25-20-19(21(27)29)14-3-1-2-4-17(14)30-20/h5-6,9,11,16H,1-4,7-8H2,(H,26,28). The number of nitrogens with zero attached hydrogens (tertiary/aromatic N) is 3. The number of nitriles is 1. The number of rotatable bonds is 5. The highest BCUT2D eigenvalue weighted by Crippen LogP contribution is 2.33. The van der Waals surface area contributed by atoms with Crippen molar-refractivity contribution >= 4 is 27.5 Å². The fraction of sp³-hybridized carbons (Fsp3) is 0.333. The van der Waals surface area contributed by atoms with Gasteiger partial charge in [-0.2, -0.15) is 5.26 Å². The summed E-state index contributed by atoms with van der Waals surface area (Å²) < 4.78 is 28.4. The van der Waals surface area contributed by atoms with Crippen molar-refractivity contribution in [3.8, 4) is 6.07 Å². The van der Waals surface area contributed by atoms with Gasteiger partial charge in [0, 0.05) is 29.5 Å². The van der Waals surface area contributed by atoms with Gasteiger partial charge < -0.3 is 5.32 Å². The third-order valence-corrected chi connectivity index (χ3v) is 6.43. The molecule has 1 atom stereocenters. The molecule has 0 spiro atoms. The molecular weight excluding hydrogens is 410 g/mol. The number of thiophene rings is 1. The molecule has 0 saturated heterocycles. The zero-order valence-corrected chi connectivity index (χ0v) is 16.8. The Morgan fingerprint density at radius 1 is 1.33 bits per heavy atom. The maximum Gasteiger partial charge on any atom is 0.262 e. The maximum absolute atomic E-state index is 13.9. The lowest BCUT2D eigenvalue weighted by Crippen LogP contribution is -2.30. The summed E-state index contributed by atoms with van der Waals surface area (Å²) in [4.78, 5) is 31.5. The summed E-state index contributed by atoms with van der Waals surface area (Å²) in [5.74, 6) is -2.20. The molecule has 3 aromatic rings. The molecule has 1 N–H and O–H groups in total. The molecule has 154 valence electrons. The number of fused-ring (bicyclic) bond motifs is 3. The predicted octanol–water partition coefficient (Wildman–Crippen LogP) is 3.39. The molecule has 6 nitrogen and oxygen atoms in total. The minimum atomic E-state index is -1.25. The zero-order chi connectivity index (χ0) is 21.3. The number of hydrogen-bond donors (Lipinski definition) is 1. The molecule has 1 amide bonds. The number of hydrogen-bond acceptors (Lipinski definition) is 5. The van der Waals surface area contributed by atoms with E-state index in [1.165, 1.54) is 15.8 Å². The number of amides is 1. The van der Waals surface area contributed by atoms with Gasteiger partial charge in [-0.1, -0.05) is 6.07 Å². The summed E-state index contributed by atoms with van der Waals surface area (Å²) in [5, 5.41) is 12.3. The maximum atomic E-state index is 13.9. The fourth-order valence-electron chi connectivity index (χ4n) is 3.71. The van der Waals surface area contributed by atoms with Crippen LogP contribution in [0.4, 0.5) is 8.78 Å². The number of carbonyl (C=O) groups excluding carboxylic acids is 1. The molecule has 1 aliphatic rings. The summed E-state index contributed by atoms with van der Waals surface area (Å²) in [7, 11) is 0. The molecular formula is C21H18F2N4O2S. The fourth-order valence-corrected chi connectivity index (χ4v) is 4.93. The average Bonchev–Trinajstić information content (AvgIpc) is 3.11. The molecule has 1 unspecified atom stereocenters. The first-order valence-corrected chi connectivity index (χ1v) is 10.4. The average molecular weight is 428 g/mol. The third-order valence-electron chi connectivity index (χ3n) is 5.23. The number of carbonyl (C=O) groups is 1. The third kappa shape index (κ3) is 3.83. The van der Waals surface area contributed by atoms with Gasteiger partial charge in [-0.25, -0.2) is 13.8 Å². The van der Waals surface area contributed by atoms with Crippen LogP contribution in [0.2, 0.25) is 0 Å². The molecule has 0 bridgehead atoms. The minimum absolute atomic E-state index is 0.0829. The van der Waals surface area contributed by atoms with Crippen LogP contribution >= 0.6 is 11.3 Å². The number of aromatic nitrogens is 2. The summed E-state index contributed by atoms with van der Waals surface area (Å²) in [6.07, 6.45) is 5.34. The summed E-state index contributed by atoms with van der Waals surface area (Å²) in [5.41, 5.74) is 0.792. The molecule has 2 aromatic heterocycles. The van der Waals surface area contributed by atoms with E-state index < -0.39 is 23.6 Å². The highest BCUT2D eigenvalue weighted by atomic mass is 32.1. The quantitative estimate of drug-likeness (QED) is 0.675. The first kappa shape index (κ1) is 20.2. The van der Waals surface area contributed by atoms with Crippen molar-refractivity contribution in [3.05, 3.63) is 62.5 Å². The van der Waals surface area contributed by atoms with E-state index in [1.54, 1.807) is 17.4 Å². The van der Waals surface area contributed by atoms with Crippen molar-refractivity contribution in [3.63, 3.8) is 0 Å². The van der Waals surface area contributed by atoms with Gasteiger partial charge in [0.2, 0.25) is 5.91 Å². The van der Waals surface area contributed by atoms with Crippen LogP contribution < -0.4 is 10.9 Å². The smallest absolute Gasteiger partial charge is 0.262 e. The van der Waals surface area contributed by atoms with Gasteiger partial charge in [0.05, 0.1) is 17.8 Å². The molecule has 2 heterocycles. The van der Waals surface area contributed by atoms with Crippen LogP contribution in [0.3, 0.4) is 0 Å². The molecule has 1 aromatic carbocycles. The van der Waals surface area contributed by atoms with E-state index in [9.17, 15) is 23.6 Å². The van der Waals surface area contributed by atoms with Crippen molar-refractivity contribution in [2.45, 2.75) is 44.7 Å². The first-order chi connectivity index (χ1) is 14.5. The van der Waals surface area contributed by atoms with Gasteiger partial charge in [-0.05, 0) is 37.3 Å². The van der Waals surface area contributed by atoms with Crippen LogP contribution in [0.5, 0.6) is 0 Å². The van der Waals surface area contributed by atoms with Crippen LogP contribution in [0.25, 0.3) is 10.2 Å². The predicted molar refractivity (Wildman–Crippen MR) is 108 cm³/mol. The van der Waals surface area contributed by atoms with Gasteiger partial charge in [0.15, 0.2) is 0 Å². The lowest BCUT2D eigenvalue weighted by Gasteiger charge is -2.13. The van der Waals surface area contributed by atoms with E-state index in [-0.39, 0.29) is 24.1 Å². The second kappa shape index (κ2) is 8.32. The second-order valence-electron chi connectivity index (χ2n) is 7.18. The molecule has 9 heteroatoms.